The van der Waals surface area contributed by atoms with Crippen LogP contribution in [0.15, 0.2) is 24.3 Å². The molecule has 8 nitrogen and oxygen atoms in total. The second kappa shape index (κ2) is 9.98. The van der Waals surface area contributed by atoms with Gasteiger partial charge in [0.2, 0.25) is 0 Å². The van der Waals surface area contributed by atoms with Crippen molar-refractivity contribution in [3.8, 4) is 5.75 Å². The maximum Gasteiger partial charge on any atom is 0.319 e. The number of nitrogens with zero attached hydrogens (tertiary/aromatic N) is 1. The van der Waals surface area contributed by atoms with Crippen LogP contribution in [0.1, 0.15) is 19.8 Å². The summed E-state index contributed by atoms with van der Waals surface area (Å²) in [5.74, 6) is -0.163. The smallest absolute Gasteiger partial charge is 0.319 e. The van der Waals surface area contributed by atoms with Crippen LogP contribution in [0, 0.1) is 0 Å². The summed E-state index contributed by atoms with van der Waals surface area (Å²) in [4.78, 5) is 24.9. The van der Waals surface area contributed by atoms with E-state index in [1.165, 1.54) is 0 Å². The van der Waals surface area contributed by atoms with Gasteiger partial charge in [-0.2, -0.15) is 0 Å². The van der Waals surface area contributed by atoms with E-state index < -0.39 is 5.97 Å². The average molecular weight is 365 g/mol. The number of likely N-dealkylation sites (N-methyl/N-ethyl adjacent to an activating group) is 1. The van der Waals surface area contributed by atoms with Gasteiger partial charge in [0.05, 0.1) is 13.2 Å². The molecule has 2 rings (SSSR count). The van der Waals surface area contributed by atoms with E-state index in [0.717, 1.165) is 12.8 Å². The standard InChI is InChI=1S/C18H27N3O5/c1-3-21(12-17(22)23)15-9-14(10-15)20-18(24)19-13-5-4-6-16(11-13)26-8-7-25-2/h4-6,11,14-15H,3,7-10,12H2,1-2H3,(H,22,23)(H2,19,20,24). The first-order chi connectivity index (χ1) is 12.5. The Bertz CT molecular complexity index is 604. The summed E-state index contributed by atoms with van der Waals surface area (Å²) in [6.07, 6.45) is 1.52. The summed E-state index contributed by atoms with van der Waals surface area (Å²) in [7, 11) is 1.61. The number of carboxylic acid groups (broad SMARTS) is 1. The van der Waals surface area contributed by atoms with Crippen molar-refractivity contribution in [3.63, 3.8) is 0 Å². The van der Waals surface area contributed by atoms with Gasteiger partial charge in [0.25, 0.3) is 0 Å². The highest BCUT2D eigenvalue weighted by molar-refractivity contribution is 5.89. The van der Waals surface area contributed by atoms with Crippen LogP contribution < -0.4 is 15.4 Å². The predicted octanol–water partition coefficient (Wildman–Crippen LogP) is 1.77. The molecular formula is C18H27N3O5. The number of urea groups is 1. The third kappa shape index (κ3) is 6.20. The lowest BCUT2D eigenvalue weighted by Gasteiger charge is -2.42. The maximum atomic E-state index is 12.1. The highest BCUT2D eigenvalue weighted by Gasteiger charge is 2.34. The molecule has 1 fully saturated rings. The van der Waals surface area contributed by atoms with Gasteiger partial charge >= 0.3 is 12.0 Å². The van der Waals surface area contributed by atoms with Crippen molar-refractivity contribution in [2.45, 2.75) is 31.8 Å². The molecule has 0 saturated heterocycles. The van der Waals surface area contributed by atoms with Crippen molar-refractivity contribution in [2.75, 3.05) is 38.7 Å². The lowest BCUT2D eigenvalue weighted by molar-refractivity contribution is -0.139. The van der Waals surface area contributed by atoms with Gasteiger partial charge in [-0.3, -0.25) is 9.69 Å². The highest BCUT2D eigenvalue weighted by Crippen LogP contribution is 2.25. The Morgan fingerprint density at radius 3 is 2.73 bits per heavy atom. The van der Waals surface area contributed by atoms with Gasteiger partial charge in [-0.25, -0.2) is 4.79 Å². The fourth-order valence-corrected chi connectivity index (χ4v) is 2.94. The van der Waals surface area contributed by atoms with Crippen molar-refractivity contribution in [1.29, 1.82) is 0 Å². The summed E-state index contributed by atoms with van der Waals surface area (Å²) in [6.45, 7) is 3.61. The number of methoxy groups -OCH3 is 1. The first-order valence-corrected chi connectivity index (χ1v) is 8.77. The molecule has 0 spiro atoms. The number of carbonyl (C=O) groups is 2. The highest BCUT2D eigenvalue weighted by atomic mass is 16.5. The van der Waals surface area contributed by atoms with E-state index in [1.54, 1.807) is 19.2 Å². The Balaban J connectivity index is 1.74. The summed E-state index contributed by atoms with van der Waals surface area (Å²) < 4.78 is 10.5. The summed E-state index contributed by atoms with van der Waals surface area (Å²) in [6, 6.07) is 7.16. The molecule has 3 N–H and O–H groups in total. The first kappa shape index (κ1) is 20.0. The van der Waals surface area contributed by atoms with Crippen molar-refractivity contribution >= 4 is 17.7 Å². The molecule has 1 aliphatic rings. The fourth-order valence-electron chi connectivity index (χ4n) is 2.94. The topological polar surface area (TPSA) is 100 Å². The zero-order chi connectivity index (χ0) is 18.9. The zero-order valence-corrected chi connectivity index (χ0v) is 15.2. The van der Waals surface area contributed by atoms with Gasteiger partial charge in [0, 0.05) is 30.9 Å². The number of ether oxygens (including phenoxy) is 2. The van der Waals surface area contributed by atoms with Gasteiger partial charge in [-0.05, 0) is 31.5 Å². The van der Waals surface area contributed by atoms with Crippen LogP contribution in [-0.2, 0) is 9.53 Å². The molecule has 0 aliphatic heterocycles. The molecule has 1 aromatic carbocycles. The van der Waals surface area contributed by atoms with E-state index in [4.69, 9.17) is 14.6 Å². The minimum atomic E-state index is -0.825. The number of nitrogens with one attached hydrogen (secondary N) is 2. The van der Waals surface area contributed by atoms with Crippen LogP contribution in [0.2, 0.25) is 0 Å². The summed E-state index contributed by atoms with van der Waals surface area (Å²) in [5.41, 5.74) is 0.648. The van der Waals surface area contributed by atoms with E-state index in [-0.39, 0.29) is 24.7 Å². The molecule has 0 unspecified atom stereocenters. The van der Waals surface area contributed by atoms with Crippen LogP contribution in [0.5, 0.6) is 5.75 Å². The molecule has 0 heterocycles. The van der Waals surface area contributed by atoms with Crippen molar-refractivity contribution in [1.82, 2.24) is 10.2 Å². The van der Waals surface area contributed by atoms with Crippen molar-refractivity contribution in [2.24, 2.45) is 0 Å². The third-order valence-corrected chi connectivity index (χ3v) is 4.36. The van der Waals surface area contributed by atoms with Crippen molar-refractivity contribution < 1.29 is 24.2 Å². The number of benzene rings is 1. The Morgan fingerprint density at radius 2 is 2.08 bits per heavy atom. The largest absolute Gasteiger partial charge is 0.491 e. The third-order valence-electron chi connectivity index (χ3n) is 4.36. The Hall–Kier alpha value is -2.32. The first-order valence-electron chi connectivity index (χ1n) is 8.77. The van der Waals surface area contributed by atoms with Gasteiger partial charge in [0.15, 0.2) is 0 Å². The molecule has 0 aromatic heterocycles. The molecule has 144 valence electrons. The molecule has 1 aliphatic carbocycles. The van der Waals surface area contributed by atoms with Crippen LogP contribution in [-0.4, -0.2) is 67.5 Å². The normalized spacial score (nSPS) is 18.9. The minimum Gasteiger partial charge on any atom is -0.491 e. The molecule has 0 bridgehead atoms. The second-order valence-corrected chi connectivity index (χ2v) is 6.25. The van der Waals surface area contributed by atoms with E-state index in [1.807, 2.05) is 24.0 Å². The van der Waals surface area contributed by atoms with Crippen LogP contribution in [0.25, 0.3) is 0 Å². The van der Waals surface area contributed by atoms with E-state index >= 15 is 0 Å². The average Bonchev–Trinajstić information content (AvgIpc) is 2.56. The molecule has 8 heteroatoms. The Morgan fingerprint density at radius 1 is 1.31 bits per heavy atom. The Labute approximate surface area is 153 Å². The molecular weight excluding hydrogens is 338 g/mol. The Kier molecular flexibility index (Phi) is 7.68. The number of aliphatic carboxylic acids is 1. The molecule has 0 atom stereocenters. The molecule has 1 saturated carbocycles. The van der Waals surface area contributed by atoms with Crippen LogP contribution >= 0.6 is 0 Å². The minimum absolute atomic E-state index is 0.0376. The number of carboxylic acids is 1. The molecule has 2 amide bonds. The van der Waals surface area contributed by atoms with Gasteiger partial charge in [-0.15, -0.1) is 0 Å². The second-order valence-electron chi connectivity index (χ2n) is 6.25. The van der Waals surface area contributed by atoms with Crippen LogP contribution in [0.4, 0.5) is 10.5 Å². The lowest BCUT2D eigenvalue weighted by Crippen LogP contribution is -2.55. The van der Waals surface area contributed by atoms with E-state index in [2.05, 4.69) is 10.6 Å². The summed E-state index contributed by atoms with van der Waals surface area (Å²) in [5, 5.41) is 14.6. The number of hydrogen-bond acceptors (Lipinski definition) is 5. The number of amides is 2. The fraction of sp³-hybridized carbons (Fsp3) is 0.556. The maximum absolute atomic E-state index is 12.1. The van der Waals surface area contributed by atoms with E-state index in [9.17, 15) is 9.59 Å². The van der Waals surface area contributed by atoms with Crippen LogP contribution in [0.3, 0.4) is 0 Å². The molecule has 26 heavy (non-hydrogen) atoms. The molecule has 1 aromatic rings. The lowest BCUT2D eigenvalue weighted by atomic mass is 9.85. The summed E-state index contributed by atoms with van der Waals surface area (Å²) >= 11 is 0. The predicted molar refractivity (Wildman–Crippen MR) is 97.7 cm³/mol. The van der Waals surface area contributed by atoms with Crippen molar-refractivity contribution in [3.05, 3.63) is 24.3 Å². The number of carbonyl (C=O) groups excluding carboxylic acids is 1. The monoisotopic (exact) mass is 365 g/mol. The number of anilines is 1. The van der Waals surface area contributed by atoms with Gasteiger partial charge in [0.1, 0.15) is 12.4 Å². The van der Waals surface area contributed by atoms with Gasteiger partial charge < -0.3 is 25.2 Å². The SMILES string of the molecule is CCN(CC(=O)O)C1CC(NC(=O)Nc2cccc(OCCOC)c2)C1. The number of hydrogen-bond donors (Lipinski definition) is 3. The van der Waals surface area contributed by atoms with Gasteiger partial charge in [-0.1, -0.05) is 13.0 Å². The number of rotatable bonds is 10. The molecule has 0 radical (unpaired) electrons. The quantitative estimate of drug-likeness (QED) is 0.547. The van der Waals surface area contributed by atoms with E-state index in [0.29, 0.717) is 31.2 Å². The zero-order valence-electron chi connectivity index (χ0n) is 15.2.